The molecule has 1 N–H and O–H groups in total. The van der Waals surface area contributed by atoms with Crippen LogP contribution < -0.4 is 5.32 Å². The van der Waals surface area contributed by atoms with E-state index in [1.54, 1.807) is 19.1 Å². The van der Waals surface area contributed by atoms with Gasteiger partial charge in [-0.05, 0) is 55.7 Å². The summed E-state index contributed by atoms with van der Waals surface area (Å²) >= 11 is 0. The molecular formula is C24H20F3N5O2. The lowest BCUT2D eigenvalue weighted by atomic mass is 9.99. The minimum absolute atomic E-state index is 0.123. The Labute approximate surface area is 193 Å². The summed E-state index contributed by atoms with van der Waals surface area (Å²) in [4.78, 5) is 25.8. The van der Waals surface area contributed by atoms with Crippen LogP contribution in [0.25, 0.3) is 11.4 Å². The van der Waals surface area contributed by atoms with E-state index in [1.807, 2.05) is 6.07 Å². The van der Waals surface area contributed by atoms with Crippen LogP contribution in [-0.2, 0) is 16.5 Å². The summed E-state index contributed by atoms with van der Waals surface area (Å²) in [7, 11) is 1.45. The van der Waals surface area contributed by atoms with Gasteiger partial charge in [-0.1, -0.05) is 0 Å². The lowest BCUT2D eigenvalue weighted by molar-refractivity contribution is -0.137. The molecule has 0 bridgehead atoms. The molecule has 10 heteroatoms. The topological polar surface area (TPSA) is 101 Å². The molecule has 0 aliphatic heterocycles. The van der Waals surface area contributed by atoms with E-state index >= 15 is 0 Å². The van der Waals surface area contributed by atoms with Gasteiger partial charge in [-0.2, -0.15) is 18.4 Å². The second-order valence-electron chi connectivity index (χ2n) is 8.02. The van der Waals surface area contributed by atoms with Gasteiger partial charge >= 0.3 is 6.18 Å². The smallest absolute Gasteiger partial charge is 0.374 e. The highest BCUT2D eigenvalue weighted by Gasteiger charge is 2.46. The zero-order chi connectivity index (χ0) is 24.5. The summed E-state index contributed by atoms with van der Waals surface area (Å²) in [5.74, 6) is -0.684. The molecule has 174 valence electrons. The Morgan fingerprint density at radius 2 is 1.91 bits per heavy atom. The number of nitrogens with one attached hydrogen (secondary N) is 1. The fourth-order valence-corrected chi connectivity index (χ4v) is 3.72. The van der Waals surface area contributed by atoms with Crippen LogP contribution in [0, 0.1) is 11.3 Å². The normalized spacial score (nSPS) is 15.3. The molecule has 1 atom stereocenters. The predicted octanol–water partition coefficient (Wildman–Crippen LogP) is 4.56. The van der Waals surface area contributed by atoms with Crippen LogP contribution in [0.5, 0.6) is 0 Å². The Morgan fingerprint density at radius 3 is 2.50 bits per heavy atom. The minimum atomic E-state index is -4.61. The number of carbonyl (C=O) groups is 1. The maximum absolute atomic E-state index is 13.5. The number of hydrogen-bond acceptors (Lipinski definition) is 6. The number of aromatic nitrogens is 3. The van der Waals surface area contributed by atoms with E-state index < -0.39 is 29.3 Å². The Morgan fingerprint density at radius 1 is 1.18 bits per heavy atom. The van der Waals surface area contributed by atoms with Gasteiger partial charge in [-0.25, -0.2) is 0 Å². The average Bonchev–Trinajstić information content (AvgIpc) is 3.65. The van der Waals surface area contributed by atoms with Gasteiger partial charge in [0.2, 0.25) is 0 Å². The molecule has 1 saturated carbocycles. The first-order chi connectivity index (χ1) is 16.2. The highest BCUT2D eigenvalue weighted by atomic mass is 19.4. The number of methoxy groups -OCH3 is 1. The van der Waals surface area contributed by atoms with Gasteiger partial charge in [0.25, 0.3) is 5.91 Å². The van der Waals surface area contributed by atoms with Crippen LogP contribution in [-0.4, -0.2) is 28.0 Å². The van der Waals surface area contributed by atoms with Crippen LogP contribution in [0.4, 0.5) is 13.2 Å². The molecule has 4 rings (SSSR count). The summed E-state index contributed by atoms with van der Waals surface area (Å²) in [6.07, 6.45) is 0.866. The van der Waals surface area contributed by atoms with Crippen LogP contribution in [0.1, 0.15) is 58.5 Å². The van der Waals surface area contributed by atoms with Gasteiger partial charge in [0.05, 0.1) is 34.2 Å². The van der Waals surface area contributed by atoms with Crippen LogP contribution >= 0.6 is 0 Å². The van der Waals surface area contributed by atoms with Crippen molar-refractivity contribution in [1.29, 1.82) is 5.26 Å². The van der Waals surface area contributed by atoms with E-state index in [2.05, 4.69) is 20.3 Å². The van der Waals surface area contributed by atoms with Crippen LogP contribution in [0.2, 0.25) is 0 Å². The maximum Gasteiger partial charge on any atom is 0.416 e. The zero-order valence-electron chi connectivity index (χ0n) is 18.3. The number of pyridine rings is 1. The van der Waals surface area contributed by atoms with Crippen molar-refractivity contribution < 1.29 is 22.7 Å². The van der Waals surface area contributed by atoms with Crippen molar-refractivity contribution in [3.8, 4) is 17.5 Å². The van der Waals surface area contributed by atoms with Crippen molar-refractivity contribution in [2.24, 2.45) is 0 Å². The number of halogens is 3. The molecule has 0 spiro atoms. The number of carbonyl (C=O) groups excluding carboxylic acids is 1. The van der Waals surface area contributed by atoms with Gasteiger partial charge in [0.1, 0.15) is 11.8 Å². The van der Waals surface area contributed by atoms with E-state index in [0.717, 1.165) is 12.1 Å². The van der Waals surface area contributed by atoms with Gasteiger partial charge in [-0.3, -0.25) is 19.7 Å². The molecule has 0 saturated heterocycles. The molecule has 0 radical (unpaired) electrons. The van der Waals surface area contributed by atoms with E-state index in [-0.39, 0.29) is 5.56 Å². The molecule has 1 amide bonds. The molecule has 1 aromatic carbocycles. The van der Waals surface area contributed by atoms with E-state index in [0.29, 0.717) is 41.1 Å². The Bertz CT molecular complexity index is 1260. The highest BCUT2D eigenvalue weighted by molar-refractivity contribution is 5.95. The number of alkyl halides is 3. The molecule has 1 unspecified atom stereocenters. The largest absolute Gasteiger partial charge is 0.416 e. The zero-order valence-corrected chi connectivity index (χ0v) is 18.3. The van der Waals surface area contributed by atoms with Crippen molar-refractivity contribution in [1.82, 2.24) is 20.3 Å². The molecule has 1 fully saturated rings. The molecule has 34 heavy (non-hydrogen) atoms. The summed E-state index contributed by atoms with van der Waals surface area (Å²) in [5.41, 5.74) is 0.0957. The first kappa shape index (κ1) is 23.3. The monoisotopic (exact) mass is 467 g/mol. The first-order valence-electron chi connectivity index (χ1n) is 10.4. The summed E-state index contributed by atoms with van der Waals surface area (Å²) < 4.78 is 46.0. The number of nitrogens with zero attached hydrogens (tertiary/aromatic N) is 4. The Hall–Kier alpha value is -3.84. The number of ether oxygens (including phenoxy) is 1. The number of hydrogen-bond donors (Lipinski definition) is 1. The average molecular weight is 467 g/mol. The van der Waals surface area contributed by atoms with Gasteiger partial charge in [0, 0.05) is 31.3 Å². The lowest BCUT2D eigenvalue weighted by Crippen LogP contribution is -2.28. The third-order valence-corrected chi connectivity index (χ3v) is 5.76. The Balaban J connectivity index is 1.64. The lowest BCUT2D eigenvalue weighted by Gasteiger charge is -2.19. The summed E-state index contributed by atoms with van der Waals surface area (Å²) in [6.45, 7) is 1.65. The van der Waals surface area contributed by atoms with Crippen molar-refractivity contribution >= 4 is 5.91 Å². The van der Waals surface area contributed by atoms with Crippen LogP contribution in [0.15, 0.2) is 48.9 Å². The summed E-state index contributed by atoms with van der Waals surface area (Å²) in [6, 6.07) is 7.79. The van der Waals surface area contributed by atoms with Gasteiger partial charge < -0.3 is 10.1 Å². The SMILES string of the molecule is COC1(c2cc(C(=O)NC(C)c3nccnc3-c3ccc(C#N)cn3)cc(C(F)(F)F)c2)CC1. The van der Waals surface area contributed by atoms with Crippen molar-refractivity contribution in [3.63, 3.8) is 0 Å². The third-order valence-electron chi connectivity index (χ3n) is 5.76. The van der Waals surface area contributed by atoms with E-state index in [1.165, 1.54) is 31.8 Å². The molecule has 2 heterocycles. The van der Waals surface area contributed by atoms with Crippen molar-refractivity contribution in [2.75, 3.05) is 7.11 Å². The number of nitriles is 1. The van der Waals surface area contributed by atoms with Crippen LogP contribution in [0.3, 0.4) is 0 Å². The van der Waals surface area contributed by atoms with E-state index in [9.17, 15) is 18.0 Å². The number of rotatable bonds is 6. The minimum Gasteiger partial charge on any atom is -0.374 e. The number of benzene rings is 1. The Kier molecular flexibility index (Phi) is 6.06. The molecular weight excluding hydrogens is 447 g/mol. The maximum atomic E-state index is 13.5. The molecule has 3 aromatic rings. The molecule has 1 aliphatic carbocycles. The molecule has 1 aliphatic rings. The molecule has 7 nitrogen and oxygen atoms in total. The fourth-order valence-electron chi connectivity index (χ4n) is 3.72. The predicted molar refractivity (Wildman–Crippen MR) is 115 cm³/mol. The highest BCUT2D eigenvalue weighted by Crippen LogP contribution is 2.50. The van der Waals surface area contributed by atoms with Crippen molar-refractivity contribution in [3.05, 3.63) is 76.9 Å². The van der Waals surface area contributed by atoms with Gasteiger partial charge in [0.15, 0.2) is 0 Å². The van der Waals surface area contributed by atoms with Gasteiger partial charge in [-0.15, -0.1) is 0 Å². The second kappa shape index (κ2) is 8.83. The quantitative estimate of drug-likeness (QED) is 0.571. The van der Waals surface area contributed by atoms with E-state index in [4.69, 9.17) is 10.00 Å². The molecule has 2 aromatic heterocycles. The van der Waals surface area contributed by atoms with Crippen molar-refractivity contribution in [2.45, 2.75) is 37.6 Å². The fraction of sp³-hybridized carbons (Fsp3) is 0.292. The first-order valence-corrected chi connectivity index (χ1v) is 10.4. The number of amides is 1. The standard InChI is InChI=1S/C24H20F3N5O2/c1-14(20-21(30-8-7-29-20)19-4-3-15(12-28)13-31-19)32-22(33)16-9-17(23(34-2)5-6-23)11-18(10-16)24(25,26)27/h3-4,7-11,13-14H,5-6H2,1-2H3,(H,32,33). The second-order valence-corrected chi connectivity index (χ2v) is 8.02. The summed E-state index contributed by atoms with van der Waals surface area (Å²) in [5, 5.41) is 11.7. The third kappa shape index (κ3) is 4.61.